The molecule has 0 saturated heterocycles. The van der Waals surface area contributed by atoms with Crippen LogP contribution >= 0.6 is 0 Å². The van der Waals surface area contributed by atoms with Crippen LogP contribution in [0.3, 0.4) is 0 Å². The number of hydrogen-bond acceptors (Lipinski definition) is 2. The molecular weight excluding hydrogens is 191 g/mol. The second-order valence-corrected chi connectivity index (χ2v) is 4.30. The molecule has 3 heteroatoms. The molecule has 0 radical (unpaired) electrons. The highest BCUT2D eigenvalue weighted by Gasteiger charge is 2.23. The van der Waals surface area contributed by atoms with Crippen LogP contribution in [0.2, 0.25) is 0 Å². The van der Waals surface area contributed by atoms with Gasteiger partial charge in [0.2, 0.25) is 0 Å². The Morgan fingerprint density at radius 1 is 1.40 bits per heavy atom. The predicted molar refractivity (Wildman–Crippen MR) is 60.4 cm³/mol. The van der Waals surface area contributed by atoms with Crippen LogP contribution in [0.1, 0.15) is 24.8 Å². The maximum atomic E-state index is 12.9. The van der Waals surface area contributed by atoms with Gasteiger partial charge in [-0.2, -0.15) is 0 Å². The Hall–Kier alpha value is -1.09. The molecule has 2 atom stereocenters. The molecular formula is C12H17FN2. The smallest absolute Gasteiger partial charge is 0.123 e. The molecule has 1 aliphatic carbocycles. The van der Waals surface area contributed by atoms with Crippen molar-refractivity contribution >= 4 is 5.69 Å². The SMILES string of the molecule is Cc1cc(F)ccc1N[C@H]1CCC[C@H]1N. The number of benzene rings is 1. The third kappa shape index (κ3) is 2.29. The molecule has 2 rings (SSSR count). The fraction of sp³-hybridized carbons (Fsp3) is 0.500. The van der Waals surface area contributed by atoms with Gasteiger partial charge in [-0.05, 0) is 49.9 Å². The molecule has 0 aliphatic heterocycles. The molecule has 15 heavy (non-hydrogen) atoms. The van der Waals surface area contributed by atoms with E-state index >= 15 is 0 Å². The van der Waals surface area contributed by atoms with E-state index in [1.807, 2.05) is 6.92 Å². The number of anilines is 1. The van der Waals surface area contributed by atoms with Gasteiger partial charge < -0.3 is 11.1 Å². The van der Waals surface area contributed by atoms with Gasteiger partial charge in [0.25, 0.3) is 0 Å². The molecule has 82 valence electrons. The van der Waals surface area contributed by atoms with Gasteiger partial charge in [0.1, 0.15) is 5.82 Å². The van der Waals surface area contributed by atoms with Crippen molar-refractivity contribution in [3.8, 4) is 0 Å². The van der Waals surface area contributed by atoms with E-state index in [4.69, 9.17) is 5.73 Å². The molecule has 3 N–H and O–H groups in total. The Morgan fingerprint density at radius 3 is 2.80 bits per heavy atom. The van der Waals surface area contributed by atoms with E-state index in [1.54, 1.807) is 12.1 Å². The Labute approximate surface area is 89.7 Å². The van der Waals surface area contributed by atoms with Crippen LogP contribution in [0.5, 0.6) is 0 Å². The van der Waals surface area contributed by atoms with Crippen molar-refractivity contribution < 1.29 is 4.39 Å². The minimum absolute atomic E-state index is 0.186. The van der Waals surface area contributed by atoms with Gasteiger partial charge in [-0.25, -0.2) is 4.39 Å². The fourth-order valence-electron chi connectivity index (χ4n) is 2.16. The maximum Gasteiger partial charge on any atom is 0.123 e. The molecule has 0 heterocycles. The summed E-state index contributed by atoms with van der Waals surface area (Å²) in [6.45, 7) is 1.91. The van der Waals surface area contributed by atoms with Crippen LogP contribution in [-0.4, -0.2) is 12.1 Å². The lowest BCUT2D eigenvalue weighted by atomic mass is 10.1. The van der Waals surface area contributed by atoms with Crippen molar-refractivity contribution in [1.29, 1.82) is 0 Å². The number of nitrogens with one attached hydrogen (secondary N) is 1. The first-order chi connectivity index (χ1) is 7.16. The second-order valence-electron chi connectivity index (χ2n) is 4.30. The molecule has 0 spiro atoms. The Bertz CT molecular complexity index is 351. The molecule has 1 aliphatic rings. The average molecular weight is 208 g/mol. The normalized spacial score (nSPS) is 25.5. The molecule has 1 fully saturated rings. The van der Waals surface area contributed by atoms with E-state index in [1.165, 1.54) is 12.5 Å². The van der Waals surface area contributed by atoms with Gasteiger partial charge in [-0.3, -0.25) is 0 Å². The van der Waals surface area contributed by atoms with Gasteiger partial charge in [0.15, 0.2) is 0 Å². The Balaban J connectivity index is 2.10. The minimum atomic E-state index is -0.186. The van der Waals surface area contributed by atoms with Crippen LogP contribution < -0.4 is 11.1 Å². The first-order valence-corrected chi connectivity index (χ1v) is 5.45. The van der Waals surface area contributed by atoms with E-state index in [9.17, 15) is 4.39 Å². The van der Waals surface area contributed by atoms with Crippen molar-refractivity contribution in [1.82, 2.24) is 0 Å². The van der Waals surface area contributed by atoms with Crippen molar-refractivity contribution in [2.24, 2.45) is 5.73 Å². The Morgan fingerprint density at radius 2 is 2.20 bits per heavy atom. The van der Waals surface area contributed by atoms with E-state index in [2.05, 4.69) is 5.32 Å². The van der Waals surface area contributed by atoms with Crippen LogP contribution in [0, 0.1) is 12.7 Å². The van der Waals surface area contributed by atoms with Gasteiger partial charge in [0.05, 0.1) is 0 Å². The zero-order valence-corrected chi connectivity index (χ0v) is 8.96. The van der Waals surface area contributed by atoms with E-state index in [-0.39, 0.29) is 11.9 Å². The molecule has 1 saturated carbocycles. The third-order valence-corrected chi connectivity index (χ3v) is 3.10. The first-order valence-electron chi connectivity index (χ1n) is 5.45. The lowest BCUT2D eigenvalue weighted by Crippen LogP contribution is -2.35. The average Bonchev–Trinajstić information content (AvgIpc) is 2.57. The molecule has 1 aromatic carbocycles. The van der Waals surface area contributed by atoms with Crippen LogP contribution in [0.4, 0.5) is 10.1 Å². The predicted octanol–water partition coefficient (Wildman–Crippen LogP) is 2.43. The van der Waals surface area contributed by atoms with E-state index in [0.717, 1.165) is 24.1 Å². The number of rotatable bonds is 2. The van der Waals surface area contributed by atoms with Crippen molar-refractivity contribution in [3.63, 3.8) is 0 Å². The van der Waals surface area contributed by atoms with Gasteiger partial charge in [-0.15, -0.1) is 0 Å². The highest BCUT2D eigenvalue weighted by molar-refractivity contribution is 5.51. The summed E-state index contributed by atoms with van der Waals surface area (Å²) in [4.78, 5) is 0. The molecule has 0 amide bonds. The zero-order chi connectivity index (χ0) is 10.8. The van der Waals surface area contributed by atoms with Gasteiger partial charge >= 0.3 is 0 Å². The summed E-state index contributed by atoms with van der Waals surface area (Å²) in [7, 11) is 0. The van der Waals surface area contributed by atoms with Gasteiger partial charge in [-0.1, -0.05) is 0 Å². The highest BCUT2D eigenvalue weighted by Crippen LogP contribution is 2.23. The zero-order valence-electron chi connectivity index (χ0n) is 8.96. The lowest BCUT2D eigenvalue weighted by Gasteiger charge is -2.20. The number of halogens is 1. The van der Waals surface area contributed by atoms with E-state index in [0.29, 0.717) is 6.04 Å². The summed E-state index contributed by atoms with van der Waals surface area (Å²) in [6.07, 6.45) is 3.37. The largest absolute Gasteiger partial charge is 0.381 e. The topological polar surface area (TPSA) is 38.0 Å². The third-order valence-electron chi connectivity index (χ3n) is 3.10. The summed E-state index contributed by atoms with van der Waals surface area (Å²) < 4.78 is 12.9. The van der Waals surface area contributed by atoms with Crippen molar-refractivity contribution in [2.75, 3.05) is 5.32 Å². The highest BCUT2D eigenvalue weighted by atomic mass is 19.1. The van der Waals surface area contributed by atoms with Crippen molar-refractivity contribution in [3.05, 3.63) is 29.6 Å². The van der Waals surface area contributed by atoms with Crippen LogP contribution in [0.15, 0.2) is 18.2 Å². The quantitative estimate of drug-likeness (QED) is 0.783. The van der Waals surface area contributed by atoms with E-state index < -0.39 is 0 Å². The standard InChI is InChI=1S/C12H17FN2/c1-8-7-9(13)5-6-11(8)15-12-4-2-3-10(12)14/h5-7,10,12,15H,2-4,14H2,1H3/t10-,12+/m1/s1. The first kappa shape index (κ1) is 10.4. The summed E-state index contributed by atoms with van der Waals surface area (Å²) in [5.74, 6) is -0.186. The van der Waals surface area contributed by atoms with Crippen LogP contribution in [-0.2, 0) is 0 Å². The number of aryl methyl sites for hydroxylation is 1. The Kier molecular flexibility index (Phi) is 2.91. The minimum Gasteiger partial charge on any atom is -0.381 e. The molecule has 0 unspecified atom stereocenters. The number of nitrogens with two attached hydrogens (primary N) is 1. The second kappa shape index (κ2) is 4.19. The monoisotopic (exact) mass is 208 g/mol. The fourth-order valence-corrected chi connectivity index (χ4v) is 2.16. The molecule has 2 nitrogen and oxygen atoms in total. The summed E-state index contributed by atoms with van der Waals surface area (Å²) in [5, 5.41) is 3.39. The molecule has 0 bridgehead atoms. The summed E-state index contributed by atoms with van der Waals surface area (Å²) in [6, 6.07) is 5.39. The van der Waals surface area contributed by atoms with Crippen LogP contribution in [0.25, 0.3) is 0 Å². The molecule has 0 aromatic heterocycles. The summed E-state index contributed by atoms with van der Waals surface area (Å²) in [5.41, 5.74) is 7.91. The number of hydrogen-bond donors (Lipinski definition) is 2. The molecule has 1 aromatic rings. The van der Waals surface area contributed by atoms with Gasteiger partial charge in [0, 0.05) is 17.8 Å². The van der Waals surface area contributed by atoms with Crippen molar-refractivity contribution in [2.45, 2.75) is 38.3 Å². The summed E-state index contributed by atoms with van der Waals surface area (Å²) >= 11 is 0. The maximum absolute atomic E-state index is 12.9. The lowest BCUT2D eigenvalue weighted by molar-refractivity contribution is 0.623.